The highest BCUT2D eigenvalue weighted by Gasteiger charge is 2.21. The van der Waals surface area contributed by atoms with E-state index in [1.165, 1.54) is 26.6 Å². The van der Waals surface area contributed by atoms with E-state index in [1.807, 2.05) is 35.1 Å². The minimum atomic E-state index is -0.863. The van der Waals surface area contributed by atoms with E-state index in [0.29, 0.717) is 19.1 Å². The molecule has 0 amide bonds. The van der Waals surface area contributed by atoms with Gasteiger partial charge in [-0.05, 0) is 25.2 Å². The number of anilines is 3. The Balaban J connectivity index is 1.26. The molecule has 4 aromatic rings. The van der Waals surface area contributed by atoms with Gasteiger partial charge in [-0.2, -0.15) is 5.10 Å². The molecule has 0 unspecified atom stereocenters. The summed E-state index contributed by atoms with van der Waals surface area (Å²) in [6.45, 7) is 4.41. The molecular formula is C29H33F2N7O4. The summed E-state index contributed by atoms with van der Waals surface area (Å²) in [5, 5.41) is 7.42. The lowest BCUT2D eigenvalue weighted by Crippen LogP contribution is -2.44. The molecule has 0 radical (unpaired) electrons. The third kappa shape index (κ3) is 6.79. The molecule has 0 aliphatic carbocycles. The smallest absolute Gasteiger partial charge is 0.227 e. The third-order valence-corrected chi connectivity index (χ3v) is 6.87. The van der Waals surface area contributed by atoms with Crippen molar-refractivity contribution < 1.29 is 27.7 Å². The van der Waals surface area contributed by atoms with Crippen LogP contribution in [0.4, 0.5) is 26.1 Å². The van der Waals surface area contributed by atoms with Crippen molar-refractivity contribution in [2.75, 3.05) is 64.3 Å². The summed E-state index contributed by atoms with van der Waals surface area (Å²) in [5.74, 6) is -0.728. The summed E-state index contributed by atoms with van der Waals surface area (Å²) < 4.78 is 52.8. The zero-order valence-corrected chi connectivity index (χ0v) is 23.7. The molecule has 1 fully saturated rings. The van der Waals surface area contributed by atoms with Gasteiger partial charge in [0, 0.05) is 56.4 Å². The summed E-state index contributed by atoms with van der Waals surface area (Å²) >= 11 is 0. The second-order valence-electron chi connectivity index (χ2n) is 9.63. The van der Waals surface area contributed by atoms with Gasteiger partial charge in [-0.3, -0.25) is 4.68 Å². The van der Waals surface area contributed by atoms with Crippen LogP contribution in [0.15, 0.2) is 55.1 Å². The molecule has 0 saturated carbocycles. The molecule has 1 aliphatic rings. The maximum Gasteiger partial charge on any atom is 0.227 e. The van der Waals surface area contributed by atoms with Gasteiger partial charge in [0.2, 0.25) is 5.95 Å². The first-order valence-electron chi connectivity index (χ1n) is 13.4. The third-order valence-electron chi connectivity index (χ3n) is 6.87. The van der Waals surface area contributed by atoms with Crippen LogP contribution in [0.1, 0.15) is 5.56 Å². The fraction of sp³-hybridized carbons (Fsp3) is 0.345. The van der Waals surface area contributed by atoms with Gasteiger partial charge in [0.05, 0.1) is 44.4 Å². The maximum atomic E-state index is 14.6. The Morgan fingerprint density at radius 2 is 1.62 bits per heavy atom. The Bertz CT molecular complexity index is 1440. The molecule has 2 aromatic carbocycles. The van der Waals surface area contributed by atoms with Crippen LogP contribution in [0.3, 0.4) is 0 Å². The van der Waals surface area contributed by atoms with E-state index in [4.69, 9.17) is 18.9 Å². The number of nitrogens with one attached hydrogen (secondary N) is 1. The van der Waals surface area contributed by atoms with Crippen molar-refractivity contribution in [2.45, 2.75) is 13.2 Å². The molecule has 0 bridgehead atoms. The van der Waals surface area contributed by atoms with Gasteiger partial charge < -0.3 is 34.1 Å². The predicted molar refractivity (Wildman–Crippen MR) is 153 cm³/mol. The number of ether oxygens (including phenoxy) is 4. The average molecular weight is 582 g/mol. The standard InChI is InChI=1S/C29H33F2N7O4/c1-36-9-11-37(12-10-36)23-6-5-20(15-24(23)41-14-13-38-8-4-7-34-38)35-29-32-17-21(18-33-29)42-19-22-27(30)25(39-2)16-26(40-3)28(22)31/h4-8,15-18H,9-14,19H2,1-3H3,(H,32,33,35). The molecule has 3 heterocycles. The largest absolute Gasteiger partial charge is 0.494 e. The van der Waals surface area contributed by atoms with Gasteiger partial charge in [0.15, 0.2) is 28.9 Å². The number of likely N-dealkylation sites (N-methyl/N-ethyl adjacent to an activating group) is 1. The van der Waals surface area contributed by atoms with Crippen molar-refractivity contribution in [2.24, 2.45) is 0 Å². The van der Waals surface area contributed by atoms with Gasteiger partial charge in [0.25, 0.3) is 0 Å². The second kappa shape index (κ2) is 13.3. The number of hydrogen-bond donors (Lipinski definition) is 1. The number of methoxy groups -OCH3 is 2. The number of halogens is 2. The average Bonchev–Trinajstić information content (AvgIpc) is 3.52. The molecule has 1 aliphatic heterocycles. The van der Waals surface area contributed by atoms with E-state index in [2.05, 4.69) is 37.2 Å². The summed E-state index contributed by atoms with van der Waals surface area (Å²) in [6.07, 6.45) is 6.47. The molecule has 1 N–H and O–H groups in total. The van der Waals surface area contributed by atoms with Gasteiger partial charge in [-0.25, -0.2) is 18.7 Å². The first-order chi connectivity index (χ1) is 20.4. The predicted octanol–water partition coefficient (Wildman–Crippen LogP) is 4.12. The number of aromatic nitrogens is 4. The maximum absolute atomic E-state index is 14.6. The first kappa shape index (κ1) is 28.9. The quantitative estimate of drug-likeness (QED) is 0.263. The van der Waals surface area contributed by atoms with E-state index in [1.54, 1.807) is 6.20 Å². The minimum absolute atomic E-state index is 0.147. The lowest BCUT2D eigenvalue weighted by Gasteiger charge is -2.35. The second-order valence-corrected chi connectivity index (χ2v) is 9.63. The molecule has 222 valence electrons. The van der Waals surface area contributed by atoms with Crippen molar-refractivity contribution >= 4 is 17.3 Å². The normalized spacial score (nSPS) is 13.6. The summed E-state index contributed by atoms with van der Waals surface area (Å²) in [6, 6.07) is 8.92. The number of hydrogen-bond acceptors (Lipinski definition) is 10. The first-order valence-corrected chi connectivity index (χ1v) is 13.4. The fourth-order valence-electron chi connectivity index (χ4n) is 4.50. The highest BCUT2D eigenvalue weighted by molar-refractivity contribution is 5.67. The van der Waals surface area contributed by atoms with E-state index >= 15 is 0 Å². The highest BCUT2D eigenvalue weighted by atomic mass is 19.1. The minimum Gasteiger partial charge on any atom is -0.494 e. The van der Waals surface area contributed by atoms with E-state index < -0.39 is 18.2 Å². The molecule has 1 saturated heterocycles. The van der Waals surface area contributed by atoms with Crippen LogP contribution in [0.5, 0.6) is 23.0 Å². The Kier molecular flexibility index (Phi) is 9.17. The zero-order chi connectivity index (χ0) is 29.5. The van der Waals surface area contributed by atoms with E-state index in [-0.39, 0.29) is 22.8 Å². The van der Waals surface area contributed by atoms with Crippen molar-refractivity contribution in [3.05, 3.63) is 72.3 Å². The zero-order valence-electron chi connectivity index (χ0n) is 23.7. The summed E-state index contributed by atoms with van der Waals surface area (Å²) in [7, 11) is 4.70. The molecular weight excluding hydrogens is 548 g/mol. The molecule has 11 nitrogen and oxygen atoms in total. The SMILES string of the molecule is COc1cc(OC)c(F)c(COc2cnc(Nc3ccc(N4CCN(C)CC4)c(OCCn4cccn4)c3)nc2)c1F. The van der Waals surface area contributed by atoms with Gasteiger partial charge in [-0.15, -0.1) is 0 Å². The molecule has 5 rings (SSSR count). The number of piperazine rings is 1. The van der Waals surface area contributed by atoms with Crippen LogP contribution < -0.4 is 29.2 Å². The van der Waals surface area contributed by atoms with Crippen LogP contribution in [-0.4, -0.2) is 78.7 Å². The van der Waals surface area contributed by atoms with Crippen LogP contribution in [0, 0.1) is 11.6 Å². The molecule has 0 spiro atoms. The summed E-state index contributed by atoms with van der Waals surface area (Å²) in [4.78, 5) is 13.2. The van der Waals surface area contributed by atoms with E-state index in [0.717, 1.165) is 49.4 Å². The van der Waals surface area contributed by atoms with Crippen molar-refractivity contribution in [3.8, 4) is 23.0 Å². The van der Waals surface area contributed by atoms with Gasteiger partial charge in [-0.1, -0.05) is 0 Å². The van der Waals surface area contributed by atoms with Crippen LogP contribution in [0.25, 0.3) is 0 Å². The van der Waals surface area contributed by atoms with Crippen molar-refractivity contribution in [3.63, 3.8) is 0 Å². The lowest BCUT2D eigenvalue weighted by molar-refractivity contribution is 0.280. The highest BCUT2D eigenvalue weighted by Crippen LogP contribution is 2.34. The Morgan fingerprint density at radius 3 is 2.26 bits per heavy atom. The Morgan fingerprint density at radius 1 is 0.905 bits per heavy atom. The lowest BCUT2D eigenvalue weighted by atomic mass is 10.1. The number of benzene rings is 2. The molecule has 2 aromatic heterocycles. The van der Waals surface area contributed by atoms with Crippen molar-refractivity contribution in [1.29, 1.82) is 0 Å². The van der Waals surface area contributed by atoms with Crippen molar-refractivity contribution in [1.82, 2.24) is 24.6 Å². The number of rotatable bonds is 12. The Hall–Kier alpha value is -4.65. The van der Waals surface area contributed by atoms with Crippen LogP contribution in [-0.2, 0) is 13.2 Å². The van der Waals surface area contributed by atoms with Crippen LogP contribution in [0.2, 0.25) is 0 Å². The molecule has 13 heteroatoms. The van der Waals surface area contributed by atoms with Gasteiger partial charge in [0.1, 0.15) is 19.0 Å². The fourth-order valence-corrected chi connectivity index (χ4v) is 4.50. The molecule has 42 heavy (non-hydrogen) atoms. The van der Waals surface area contributed by atoms with Gasteiger partial charge >= 0.3 is 0 Å². The Labute approximate surface area is 242 Å². The number of nitrogens with zero attached hydrogens (tertiary/aromatic N) is 6. The topological polar surface area (TPSA) is 99.0 Å². The summed E-state index contributed by atoms with van der Waals surface area (Å²) in [5.41, 5.74) is 1.43. The monoisotopic (exact) mass is 581 g/mol. The van der Waals surface area contributed by atoms with Crippen LogP contribution >= 0.6 is 0 Å². The molecule has 0 atom stereocenters. The van der Waals surface area contributed by atoms with E-state index in [9.17, 15) is 8.78 Å².